The van der Waals surface area contributed by atoms with E-state index in [1.165, 1.54) is 12.2 Å². The van der Waals surface area contributed by atoms with E-state index in [0.29, 0.717) is 13.2 Å². The predicted octanol–water partition coefficient (Wildman–Crippen LogP) is 6.68. The molecule has 172 valence electrons. The van der Waals surface area contributed by atoms with Crippen molar-refractivity contribution in [3.8, 4) is 0 Å². The molecule has 0 saturated carbocycles. The summed E-state index contributed by atoms with van der Waals surface area (Å²) in [7, 11) is 0. The van der Waals surface area contributed by atoms with E-state index in [0.717, 1.165) is 22.3 Å². The lowest BCUT2D eigenvalue weighted by Crippen LogP contribution is -1.98. The van der Waals surface area contributed by atoms with Gasteiger partial charge in [0.15, 0.2) is 0 Å². The Kier molecular flexibility index (Phi) is 16.4. The van der Waals surface area contributed by atoms with Crippen LogP contribution in [0.25, 0.3) is 0 Å². The highest BCUT2D eigenvalue weighted by Crippen LogP contribution is 2.02. The highest BCUT2D eigenvalue weighted by atomic mass is 16.5. The maximum atomic E-state index is 11.3. The van der Waals surface area contributed by atoms with Crippen LogP contribution < -0.4 is 0 Å². The van der Waals surface area contributed by atoms with Gasteiger partial charge in [0.25, 0.3) is 0 Å². The zero-order valence-corrected chi connectivity index (χ0v) is 20.1. The van der Waals surface area contributed by atoms with Gasteiger partial charge < -0.3 is 9.47 Å². The molecule has 0 amide bonds. The van der Waals surface area contributed by atoms with Gasteiger partial charge in [0.2, 0.25) is 0 Å². The molecule has 0 unspecified atom stereocenters. The van der Waals surface area contributed by atoms with E-state index in [4.69, 9.17) is 9.47 Å². The summed E-state index contributed by atoms with van der Waals surface area (Å²) >= 11 is 0. The van der Waals surface area contributed by atoms with Crippen LogP contribution in [-0.4, -0.2) is 25.2 Å². The number of carbonyl (C=O) groups excluding carboxylic acids is 2. The Balaban J connectivity index is 4.66. The van der Waals surface area contributed by atoms with Crippen LogP contribution in [0.1, 0.15) is 41.5 Å². The molecule has 0 radical (unpaired) electrons. The van der Waals surface area contributed by atoms with E-state index in [-0.39, 0.29) is 11.9 Å². The second kappa shape index (κ2) is 18.4. The number of hydrogen-bond acceptors (Lipinski definition) is 4. The zero-order chi connectivity index (χ0) is 24.2. The fraction of sp³-hybridized carbons (Fsp3) is 0.286. The molecule has 0 fully saturated rings. The largest absolute Gasteiger partial charge is 0.463 e. The summed E-state index contributed by atoms with van der Waals surface area (Å²) in [6.07, 6.45) is 26.1. The third kappa shape index (κ3) is 17.5. The normalized spacial score (nSPS) is 14.6. The van der Waals surface area contributed by atoms with Crippen LogP contribution in [0, 0.1) is 0 Å². The van der Waals surface area contributed by atoms with Crippen molar-refractivity contribution >= 4 is 11.9 Å². The van der Waals surface area contributed by atoms with Gasteiger partial charge in [-0.1, -0.05) is 95.2 Å². The van der Waals surface area contributed by atoms with Crippen LogP contribution >= 0.6 is 0 Å². The van der Waals surface area contributed by atoms with Crippen molar-refractivity contribution in [2.45, 2.75) is 41.5 Å². The van der Waals surface area contributed by atoms with Crippen LogP contribution in [0.5, 0.6) is 0 Å². The average molecular weight is 437 g/mol. The Labute approximate surface area is 193 Å². The Morgan fingerprint density at radius 1 is 0.500 bits per heavy atom. The van der Waals surface area contributed by atoms with Crippen molar-refractivity contribution < 1.29 is 19.1 Å². The first-order valence-corrected chi connectivity index (χ1v) is 10.7. The molecule has 0 atom stereocenters. The minimum atomic E-state index is -0.333. The lowest BCUT2D eigenvalue weighted by Gasteiger charge is -1.94. The Hall–Kier alpha value is -3.40. The van der Waals surface area contributed by atoms with Gasteiger partial charge in [-0.15, -0.1) is 0 Å². The molecule has 0 saturated heterocycles. The molecule has 0 aliphatic rings. The number of hydrogen-bond donors (Lipinski definition) is 0. The minimum Gasteiger partial charge on any atom is -0.463 e. The highest BCUT2D eigenvalue weighted by molar-refractivity contribution is 5.82. The van der Waals surface area contributed by atoms with E-state index < -0.39 is 0 Å². The number of esters is 2. The average Bonchev–Trinajstić information content (AvgIpc) is 2.74. The minimum absolute atomic E-state index is 0.333. The third-order valence-electron chi connectivity index (χ3n) is 3.80. The summed E-state index contributed by atoms with van der Waals surface area (Å²) in [6, 6.07) is 0. The summed E-state index contributed by atoms with van der Waals surface area (Å²) in [6.45, 7) is 12.2. The molecular weight excluding hydrogens is 400 g/mol. The molecule has 0 heterocycles. The van der Waals surface area contributed by atoms with Crippen LogP contribution in [0.4, 0.5) is 0 Å². The van der Waals surface area contributed by atoms with Crippen molar-refractivity contribution in [3.05, 3.63) is 107 Å². The van der Waals surface area contributed by atoms with Crippen molar-refractivity contribution in [1.82, 2.24) is 0 Å². The van der Waals surface area contributed by atoms with E-state index >= 15 is 0 Å². The van der Waals surface area contributed by atoms with Gasteiger partial charge in [-0.3, -0.25) is 0 Å². The fourth-order valence-electron chi connectivity index (χ4n) is 2.12. The van der Waals surface area contributed by atoms with Gasteiger partial charge in [-0.2, -0.15) is 0 Å². The summed E-state index contributed by atoms with van der Waals surface area (Å²) in [4.78, 5) is 22.6. The van der Waals surface area contributed by atoms with Crippen LogP contribution in [-0.2, 0) is 19.1 Å². The molecule has 0 N–H and O–H groups in total. The quantitative estimate of drug-likeness (QED) is 0.194. The van der Waals surface area contributed by atoms with Crippen molar-refractivity contribution in [3.63, 3.8) is 0 Å². The summed E-state index contributed by atoms with van der Waals surface area (Å²) in [5.74, 6) is -0.665. The Morgan fingerprint density at radius 2 is 0.812 bits per heavy atom. The number of carbonyl (C=O) groups is 2. The van der Waals surface area contributed by atoms with E-state index in [1.807, 2.05) is 88.5 Å². The maximum absolute atomic E-state index is 11.3. The van der Waals surface area contributed by atoms with Gasteiger partial charge in [0.1, 0.15) is 0 Å². The SMILES string of the molecule is CCOC(=O)/C=C/C(C)=C/C=C/C(C)=C/C=C/C=C(C)/C=C/C=C(C)/C=C/C(=O)OCC. The zero-order valence-electron chi connectivity index (χ0n) is 20.1. The van der Waals surface area contributed by atoms with Crippen molar-refractivity contribution in [2.75, 3.05) is 13.2 Å². The first-order chi connectivity index (χ1) is 15.3. The summed E-state index contributed by atoms with van der Waals surface area (Å²) in [5, 5.41) is 0. The van der Waals surface area contributed by atoms with Crippen molar-refractivity contribution in [1.29, 1.82) is 0 Å². The van der Waals surface area contributed by atoms with Gasteiger partial charge in [-0.05, 0) is 41.5 Å². The molecule has 0 aromatic rings. The van der Waals surface area contributed by atoms with Gasteiger partial charge >= 0.3 is 11.9 Å². The monoisotopic (exact) mass is 436 g/mol. The highest BCUT2D eigenvalue weighted by Gasteiger charge is 1.93. The van der Waals surface area contributed by atoms with Crippen LogP contribution in [0.15, 0.2) is 107 Å². The standard InChI is InChI=1S/C28H36O4/c1-7-31-27(29)21-19-25(5)17-11-15-23(3)13-9-10-14-24(4)16-12-18-26(6)20-22-28(30)32-8-2/h9-22H,7-8H2,1-6H3/b10-9+,15-11+,16-12+,21-19+,22-20+,23-13+,24-14+,25-17+,26-18+. The Bertz CT molecular complexity index is 797. The molecule has 0 aromatic heterocycles. The predicted molar refractivity (Wildman–Crippen MR) is 134 cm³/mol. The number of rotatable bonds is 12. The lowest BCUT2D eigenvalue weighted by atomic mass is 10.2. The molecule has 0 rings (SSSR count). The molecule has 0 bridgehead atoms. The maximum Gasteiger partial charge on any atom is 0.330 e. The second-order valence-corrected chi connectivity index (χ2v) is 6.92. The third-order valence-corrected chi connectivity index (χ3v) is 3.80. The molecule has 4 heteroatoms. The molecule has 0 spiro atoms. The smallest absolute Gasteiger partial charge is 0.330 e. The summed E-state index contributed by atoms with van der Waals surface area (Å²) < 4.78 is 9.69. The summed E-state index contributed by atoms with van der Waals surface area (Å²) in [5.41, 5.74) is 4.13. The number of allylic oxidation sites excluding steroid dienone is 16. The molecule has 0 aliphatic carbocycles. The first-order valence-electron chi connectivity index (χ1n) is 10.7. The van der Waals surface area contributed by atoms with Crippen LogP contribution in [0.2, 0.25) is 0 Å². The van der Waals surface area contributed by atoms with E-state index in [1.54, 1.807) is 26.0 Å². The van der Waals surface area contributed by atoms with Gasteiger partial charge in [-0.25, -0.2) is 9.59 Å². The first kappa shape index (κ1) is 28.6. The molecule has 4 nitrogen and oxygen atoms in total. The van der Waals surface area contributed by atoms with Crippen molar-refractivity contribution in [2.24, 2.45) is 0 Å². The van der Waals surface area contributed by atoms with Crippen LogP contribution in [0.3, 0.4) is 0 Å². The van der Waals surface area contributed by atoms with Gasteiger partial charge in [0, 0.05) is 12.2 Å². The molecular formula is C28H36O4. The second-order valence-electron chi connectivity index (χ2n) is 6.92. The van der Waals surface area contributed by atoms with Gasteiger partial charge in [0.05, 0.1) is 13.2 Å². The topological polar surface area (TPSA) is 52.6 Å². The van der Waals surface area contributed by atoms with E-state index in [2.05, 4.69) is 0 Å². The van der Waals surface area contributed by atoms with E-state index in [9.17, 15) is 9.59 Å². The lowest BCUT2D eigenvalue weighted by molar-refractivity contribution is -0.138. The molecule has 32 heavy (non-hydrogen) atoms. The Morgan fingerprint density at radius 3 is 1.16 bits per heavy atom. The fourth-order valence-corrected chi connectivity index (χ4v) is 2.12. The molecule has 0 aromatic carbocycles. The number of ether oxygens (including phenoxy) is 2. The molecule has 0 aliphatic heterocycles.